The maximum atomic E-state index is 12.0. The molecule has 0 atom stereocenters. The van der Waals surface area contributed by atoms with Crippen molar-refractivity contribution in [1.29, 1.82) is 0 Å². The van der Waals surface area contributed by atoms with E-state index in [0.29, 0.717) is 30.2 Å². The van der Waals surface area contributed by atoms with Gasteiger partial charge in [-0.3, -0.25) is 9.48 Å². The zero-order valence-corrected chi connectivity index (χ0v) is 13.3. The van der Waals surface area contributed by atoms with Gasteiger partial charge in [-0.15, -0.1) is 0 Å². The maximum absolute atomic E-state index is 12.0. The van der Waals surface area contributed by atoms with E-state index in [2.05, 4.69) is 10.4 Å². The number of hydrogen-bond acceptors (Lipinski definition) is 4. The van der Waals surface area contributed by atoms with Gasteiger partial charge in [0.2, 0.25) is 0 Å². The minimum absolute atomic E-state index is 0.163. The van der Waals surface area contributed by atoms with Crippen molar-refractivity contribution in [2.24, 2.45) is 7.05 Å². The summed E-state index contributed by atoms with van der Waals surface area (Å²) in [6.45, 7) is 2.44. The first kappa shape index (κ1) is 15.9. The molecule has 118 valence electrons. The fourth-order valence-electron chi connectivity index (χ4n) is 2.12. The van der Waals surface area contributed by atoms with Crippen LogP contribution < -0.4 is 14.8 Å². The fourth-order valence-corrected chi connectivity index (χ4v) is 2.12. The number of amides is 1. The second-order valence-electron chi connectivity index (χ2n) is 4.99. The van der Waals surface area contributed by atoms with E-state index in [1.165, 1.54) is 0 Å². The summed E-state index contributed by atoms with van der Waals surface area (Å²) in [7, 11) is 5.02. The highest BCUT2D eigenvalue weighted by atomic mass is 16.5. The largest absolute Gasteiger partial charge is 0.493 e. The van der Waals surface area contributed by atoms with Gasteiger partial charge in [-0.2, -0.15) is 5.10 Å². The standard InChI is InChI=1S/C16H21N3O3/c1-11-9-13(18-19(11)2)16(20)17-8-7-12-5-6-14(21-3)15(10-12)22-4/h5-6,9-10H,7-8H2,1-4H3,(H,17,20). The Hall–Kier alpha value is -2.50. The van der Waals surface area contributed by atoms with E-state index in [1.54, 1.807) is 25.0 Å². The second kappa shape index (κ2) is 6.98. The van der Waals surface area contributed by atoms with Gasteiger partial charge in [0.15, 0.2) is 11.5 Å². The van der Waals surface area contributed by atoms with Crippen LogP contribution in [0.15, 0.2) is 24.3 Å². The number of aromatic nitrogens is 2. The molecule has 0 aliphatic carbocycles. The molecule has 0 saturated heterocycles. The number of nitrogens with zero attached hydrogens (tertiary/aromatic N) is 2. The van der Waals surface area contributed by atoms with E-state index >= 15 is 0 Å². The number of benzene rings is 1. The normalized spacial score (nSPS) is 10.4. The number of aryl methyl sites for hydroxylation is 2. The number of hydrogen-bond donors (Lipinski definition) is 1. The predicted octanol–water partition coefficient (Wildman–Crippen LogP) is 1.72. The van der Waals surface area contributed by atoms with E-state index in [1.807, 2.05) is 32.2 Å². The number of rotatable bonds is 6. The molecule has 2 rings (SSSR count). The summed E-state index contributed by atoms with van der Waals surface area (Å²) in [5, 5.41) is 7.02. The van der Waals surface area contributed by atoms with E-state index < -0.39 is 0 Å². The van der Waals surface area contributed by atoms with E-state index in [-0.39, 0.29) is 5.91 Å². The minimum atomic E-state index is -0.163. The van der Waals surface area contributed by atoms with Crippen LogP contribution in [0, 0.1) is 6.92 Å². The monoisotopic (exact) mass is 303 g/mol. The molecule has 0 aliphatic heterocycles. The minimum Gasteiger partial charge on any atom is -0.493 e. The van der Waals surface area contributed by atoms with Gasteiger partial charge in [0, 0.05) is 19.3 Å². The summed E-state index contributed by atoms with van der Waals surface area (Å²) >= 11 is 0. The maximum Gasteiger partial charge on any atom is 0.271 e. The SMILES string of the molecule is COc1ccc(CCNC(=O)c2cc(C)n(C)n2)cc1OC. The molecule has 6 nitrogen and oxygen atoms in total. The summed E-state index contributed by atoms with van der Waals surface area (Å²) in [4.78, 5) is 12.0. The zero-order chi connectivity index (χ0) is 16.1. The zero-order valence-electron chi connectivity index (χ0n) is 13.3. The number of ether oxygens (including phenoxy) is 2. The lowest BCUT2D eigenvalue weighted by atomic mass is 10.1. The van der Waals surface area contributed by atoms with Crippen LogP contribution in [-0.4, -0.2) is 36.5 Å². The Labute approximate surface area is 130 Å². The molecule has 0 unspecified atom stereocenters. The Balaban J connectivity index is 1.92. The van der Waals surface area contributed by atoms with Crippen molar-refractivity contribution in [1.82, 2.24) is 15.1 Å². The van der Waals surface area contributed by atoms with Crippen LogP contribution in [0.1, 0.15) is 21.7 Å². The van der Waals surface area contributed by atoms with Crippen molar-refractivity contribution < 1.29 is 14.3 Å². The Morgan fingerprint density at radius 2 is 1.95 bits per heavy atom. The van der Waals surface area contributed by atoms with Gasteiger partial charge in [-0.05, 0) is 37.1 Å². The second-order valence-corrected chi connectivity index (χ2v) is 4.99. The van der Waals surface area contributed by atoms with Crippen LogP contribution in [0.5, 0.6) is 11.5 Å². The van der Waals surface area contributed by atoms with E-state index in [4.69, 9.17) is 9.47 Å². The van der Waals surface area contributed by atoms with Crippen LogP contribution in [-0.2, 0) is 13.5 Å². The number of methoxy groups -OCH3 is 2. The van der Waals surface area contributed by atoms with Gasteiger partial charge in [0.05, 0.1) is 14.2 Å². The predicted molar refractivity (Wildman–Crippen MR) is 83.5 cm³/mol. The summed E-state index contributed by atoms with van der Waals surface area (Å²) in [5.41, 5.74) is 2.45. The quantitative estimate of drug-likeness (QED) is 0.882. The average Bonchev–Trinajstić information content (AvgIpc) is 2.86. The average molecular weight is 303 g/mol. The van der Waals surface area contributed by atoms with E-state index in [0.717, 1.165) is 11.3 Å². The van der Waals surface area contributed by atoms with Crippen molar-refractivity contribution in [2.75, 3.05) is 20.8 Å². The molecule has 0 spiro atoms. The lowest BCUT2D eigenvalue weighted by Gasteiger charge is -2.09. The molecule has 2 aromatic rings. The Bertz CT molecular complexity index is 645. The highest BCUT2D eigenvalue weighted by Crippen LogP contribution is 2.27. The lowest BCUT2D eigenvalue weighted by molar-refractivity contribution is 0.0948. The molecule has 1 heterocycles. The first-order valence-corrected chi connectivity index (χ1v) is 7.05. The number of carbonyl (C=O) groups is 1. The molecule has 0 aliphatic rings. The van der Waals surface area contributed by atoms with Crippen LogP contribution >= 0.6 is 0 Å². The number of carbonyl (C=O) groups excluding carboxylic acids is 1. The van der Waals surface area contributed by atoms with E-state index in [9.17, 15) is 4.79 Å². The van der Waals surface area contributed by atoms with Gasteiger partial charge in [-0.25, -0.2) is 0 Å². The molecule has 1 aromatic carbocycles. The highest BCUT2D eigenvalue weighted by molar-refractivity contribution is 5.92. The molecule has 22 heavy (non-hydrogen) atoms. The van der Waals surface area contributed by atoms with Crippen molar-refractivity contribution in [3.63, 3.8) is 0 Å². The van der Waals surface area contributed by atoms with Crippen LogP contribution in [0.4, 0.5) is 0 Å². The van der Waals surface area contributed by atoms with Gasteiger partial charge < -0.3 is 14.8 Å². The summed E-state index contributed by atoms with van der Waals surface area (Å²) in [6, 6.07) is 7.50. The first-order valence-electron chi connectivity index (χ1n) is 7.05. The Morgan fingerprint density at radius 3 is 2.55 bits per heavy atom. The van der Waals surface area contributed by atoms with Crippen molar-refractivity contribution in [3.8, 4) is 11.5 Å². The summed E-state index contributed by atoms with van der Waals surface area (Å²) in [6.07, 6.45) is 0.706. The highest BCUT2D eigenvalue weighted by Gasteiger charge is 2.10. The molecule has 1 amide bonds. The molecular formula is C16H21N3O3. The Morgan fingerprint density at radius 1 is 1.23 bits per heavy atom. The van der Waals surface area contributed by atoms with Crippen LogP contribution in [0.25, 0.3) is 0 Å². The summed E-state index contributed by atoms with van der Waals surface area (Å²) < 4.78 is 12.1. The van der Waals surface area contributed by atoms with Crippen LogP contribution in [0.3, 0.4) is 0 Å². The molecule has 1 aromatic heterocycles. The fraction of sp³-hybridized carbons (Fsp3) is 0.375. The van der Waals surface area contributed by atoms with Gasteiger partial charge in [0.1, 0.15) is 5.69 Å². The van der Waals surface area contributed by atoms with Crippen molar-refractivity contribution in [3.05, 3.63) is 41.2 Å². The van der Waals surface area contributed by atoms with Crippen LogP contribution in [0.2, 0.25) is 0 Å². The first-order chi connectivity index (χ1) is 10.5. The van der Waals surface area contributed by atoms with Gasteiger partial charge in [0.25, 0.3) is 5.91 Å². The summed E-state index contributed by atoms with van der Waals surface area (Å²) in [5.74, 6) is 1.22. The molecule has 0 bridgehead atoms. The topological polar surface area (TPSA) is 65.4 Å². The molecule has 6 heteroatoms. The lowest BCUT2D eigenvalue weighted by Crippen LogP contribution is -2.26. The molecule has 0 saturated carbocycles. The van der Waals surface area contributed by atoms with Crippen molar-refractivity contribution >= 4 is 5.91 Å². The third kappa shape index (κ3) is 3.58. The molecule has 1 N–H and O–H groups in total. The number of nitrogens with one attached hydrogen (secondary N) is 1. The molecule has 0 fully saturated rings. The van der Waals surface area contributed by atoms with Gasteiger partial charge in [-0.1, -0.05) is 6.07 Å². The van der Waals surface area contributed by atoms with Gasteiger partial charge >= 0.3 is 0 Å². The third-order valence-corrected chi connectivity index (χ3v) is 3.49. The third-order valence-electron chi connectivity index (χ3n) is 3.49. The molecular weight excluding hydrogens is 282 g/mol. The molecule has 0 radical (unpaired) electrons. The smallest absolute Gasteiger partial charge is 0.271 e. The Kier molecular flexibility index (Phi) is 5.04. The van der Waals surface area contributed by atoms with Crippen molar-refractivity contribution in [2.45, 2.75) is 13.3 Å².